The Labute approximate surface area is 370 Å². The van der Waals surface area contributed by atoms with Crippen LogP contribution in [0.1, 0.15) is 68.1 Å². The SMILES string of the molecule is O=C(NCCCCCCCn1cc(-c2cccnc2)nn1)c1ccccc1-c1ccccc1.c1ccc(-c2ccccc2OCCCCCCn2cc(-c3cccnc3)nn2)cc1. The molecule has 0 unspecified atom stereocenters. The normalized spacial score (nSPS) is 10.8. The summed E-state index contributed by atoms with van der Waals surface area (Å²) in [6.07, 6.45) is 20.9. The summed E-state index contributed by atoms with van der Waals surface area (Å²) < 4.78 is 9.88. The summed E-state index contributed by atoms with van der Waals surface area (Å²) in [6.45, 7) is 3.17. The van der Waals surface area contributed by atoms with Gasteiger partial charge in [0.25, 0.3) is 5.91 Å². The zero-order valence-electron chi connectivity index (χ0n) is 35.8. The second-order valence-corrected chi connectivity index (χ2v) is 15.3. The molecule has 11 nitrogen and oxygen atoms in total. The molecular formula is C52H55N9O2. The molecule has 0 aliphatic carbocycles. The van der Waals surface area contributed by atoms with Gasteiger partial charge in [0.05, 0.1) is 19.0 Å². The first-order valence-corrected chi connectivity index (χ1v) is 22.0. The van der Waals surface area contributed by atoms with E-state index >= 15 is 0 Å². The molecule has 4 aromatic heterocycles. The Balaban J connectivity index is 0.000000190. The number of benzene rings is 4. The van der Waals surface area contributed by atoms with Crippen LogP contribution in [-0.4, -0.2) is 59.0 Å². The Morgan fingerprint density at radius 2 is 0.984 bits per heavy atom. The van der Waals surface area contributed by atoms with Crippen LogP contribution < -0.4 is 10.1 Å². The summed E-state index contributed by atoms with van der Waals surface area (Å²) in [5.41, 5.74) is 8.79. The molecule has 8 aromatic rings. The van der Waals surface area contributed by atoms with Gasteiger partial charge in [0.2, 0.25) is 0 Å². The number of ether oxygens (including phenoxy) is 1. The van der Waals surface area contributed by atoms with Crippen LogP contribution in [0.4, 0.5) is 0 Å². The minimum Gasteiger partial charge on any atom is -0.493 e. The van der Waals surface area contributed by atoms with E-state index in [1.165, 1.54) is 5.56 Å². The van der Waals surface area contributed by atoms with E-state index in [1.54, 1.807) is 18.6 Å². The minimum atomic E-state index is -0.00921. The molecule has 0 fully saturated rings. The van der Waals surface area contributed by atoms with Crippen molar-refractivity contribution in [3.63, 3.8) is 0 Å². The maximum atomic E-state index is 12.7. The number of aromatic nitrogens is 8. The van der Waals surface area contributed by atoms with Crippen LogP contribution in [0.3, 0.4) is 0 Å². The Morgan fingerprint density at radius 3 is 1.59 bits per heavy atom. The van der Waals surface area contributed by atoms with Crippen molar-refractivity contribution in [2.45, 2.75) is 70.9 Å². The van der Waals surface area contributed by atoms with E-state index in [0.717, 1.165) is 128 Å². The number of unbranched alkanes of at least 4 members (excludes halogenated alkanes) is 7. The fourth-order valence-corrected chi connectivity index (χ4v) is 7.25. The van der Waals surface area contributed by atoms with Gasteiger partial charge >= 0.3 is 0 Å². The second-order valence-electron chi connectivity index (χ2n) is 15.3. The first-order chi connectivity index (χ1) is 31.2. The highest BCUT2D eigenvalue weighted by Gasteiger charge is 2.12. The molecule has 8 rings (SSSR count). The Kier molecular flexibility index (Phi) is 16.9. The number of carbonyl (C=O) groups excluding carboxylic acids is 1. The zero-order valence-corrected chi connectivity index (χ0v) is 35.8. The maximum Gasteiger partial charge on any atom is 0.251 e. The molecule has 0 atom stereocenters. The predicted molar refractivity (Wildman–Crippen MR) is 250 cm³/mol. The molecule has 0 spiro atoms. The fraction of sp³-hybridized carbons (Fsp3) is 0.250. The van der Waals surface area contributed by atoms with Crippen LogP contribution in [0.2, 0.25) is 0 Å². The van der Waals surface area contributed by atoms with Crippen LogP contribution in [-0.2, 0) is 13.1 Å². The fourth-order valence-electron chi connectivity index (χ4n) is 7.25. The molecule has 0 radical (unpaired) electrons. The van der Waals surface area contributed by atoms with E-state index in [9.17, 15) is 4.79 Å². The van der Waals surface area contributed by atoms with Gasteiger partial charge in [0, 0.05) is 66.7 Å². The number of pyridine rings is 2. The van der Waals surface area contributed by atoms with E-state index < -0.39 is 0 Å². The number of hydrogen-bond acceptors (Lipinski definition) is 8. The zero-order chi connectivity index (χ0) is 43.2. The standard InChI is InChI=1S/C27H29N5O.C25H26N4O/c33-27(25-16-8-7-15-24(25)22-12-5-4-6-13-22)29-18-9-2-1-3-10-19-32-21-26(30-31-32)23-14-11-17-28-20-23;1(8-17-29-20-24(27-28-29)22-13-10-16-26-19-22)2-9-18-30-25-15-7-6-14-23(25)21-11-4-3-5-12-21/h4-8,11-17,20-21H,1-3,9-10,18-19H2,(H,29,33);3-7,10-16,19-20H,1-2,8-9,17-18H2. The van der Waals surface area contributed by atoms with Gasteiger partial charge in [0.1, 0.15) is 17.1 Å². The van der Waals surface area contributed by atoms with Crippen LogP contribution in [0.25, 0.3) is 44.8 Å². The number of nitrogens with one attached hydrogen (secondary N) is 1. The molecule has 4 aromatic carbocycles. The molecule has 1 N–H and O–H groups in total. The first kappa shape index (κ1) is 43.8. The van der Waals surface area contributed by atoms with Crippen molar-refractivity contribution in [1.82, 2.24) is 45.3 Å². The third-order valence-electron chi connectivity index (χ3n) is 10.6. The van der Waals surface area contributed by atoms with Crippen LogP contribution >= 0.6 is 0 Å². The Bertz CT molecular complexity index is 2530. The van der Waals surface area contributed by atoms with Crippen molar-refractivity contribution in [1.29, 1.82) is 0 Å². The van der Waals surface area contributed by atoms with Crippen molar-refractivity contribution in [2.75, 3.05) is 13.2 Å². The van der Waals surface area contributed by atoms with Gasteiger partial charge in [-0.1, -0.05) is 133 Å². The summed E-state index contributed by atoms with van der Waals surface area (Å²) in [5, 5.41) is 20.0. The molecule has 0 aliphatic rings. The number of hydrogen-bond donors (Lipinski definition) is 1. The highest BCUT2D eigenvalue weighted by atomic mass is 16.5. The number of para-hydroxylation sites is 1. The molecule has 0 saturated carbocycles. The molecule has 320 valence electrons. The molecule has 0 saturated heterocycles. The van der Waals surface area contributed by atoms with Crippen molar-refractivity contribution in [2.24, 2.45) is 0 Å². The van der Waals surface area contributed by atoms with Gasteiger partial charge in [-0.2, -0.15) is 0 Å². The van der Waals surface area contributed by atoms with E-state index in [1.807, 2.05) is 125 Å². The summed E-state index contributed by atoms with van der Waals surface area (Å²) in [6, 6.07) is 44.2. The first-order valence-electron chi connectivity index (χ1n) is 22.0. The van der Waals surface area contributed by atoms with Crippen molar-refractivity contribution < 1.29 is 9.53 Å². The molecule has 0 bridgehead atoms. The minimum absolute atomic E-state index is 0.00921. The third kappa shape index (κ3) is 13.6. The summed E-state index contributed by atoms with van der Waals surface area (Å²) >= 11 is 0. The molecule has 4 heterocycles. The monoisotopic (exact) mass is 837 g/mol. The average Bonchev–Trinajstić information content (AvgIpc) is 4.04. The average molecular weight is 838 g/mol. The van der Waals surface area contributed by atoms with E-state index in [0.29, 0.717) is 6.54 Å². The van der Waals surface area contributed by atoms with Gasteiger partial charge in [0.15, 0.2) is 0 Å². The van der Waals surface area contributed by atoms with Crippen LogP contribution in [0.5, 0.6) is 5.75 Å². The van der Waals surface area contributed by atoms with E-state index in [4.69, 9.17) is 4.74 Å². The molecule has 63 heavy (non-hydrogen) atoms. The van der Waals surface area contributed by atoms with Gasteiger partial charge < -0.3 is 10.1 Å². The van der Waals surface area contributed by atoms with Crippen LogP contribution in [0.15, 0.2) is 171 Å². The number of aryl methyl sites for hydroxylation is 2. The number of nitrogens with zero attached hydrogens (tertiary/aromatic N) is 8. The lowest BCUT2D eigenvalue weighted by Crippen LogP contribution is -2.25. The molecule has 11 heteroatoms. The number of amides is 1. The highest BCUT2D eigenvalue weighted by molar-refractivity contribution is 6.00. The van der Waals surface area contributed by atoms with Gasteiger partial charge in [-0.05, 0) is 85.2 Å². The van der Waals surface area contributed by atoms with Gasteiger partial charge in [-0.25, -0.2) is 0 Å². The Hall–Kier alpha value is -7.27. The third-order valence-corrected chi connectivity index (χ3v) is 10.6. The molecule has 1 amide bonds. The summed E-state index contributed by atoms with van der Waals surface area (Å²) in [4.78, 5) is 21.0. The quantitative estimate of drug-likeness (QED) is 0.0709. The van der Waals surface area contributed by atoms with Crippen LogP contribution in [0, 0.1) is 0 Å². The van der Waals surface area contributed by atoms with Crippen molar-refractivity contribution >= 4 is 5.91 Å². The number of rotatable bonds is 21. The van der Waals surface area contributed by atoms with Crippen molar-refractivity contribution in [3.05, 3.63) is 176 Å². The predicted octanol–water partition coefficient (Wildman–Crippen LogP) is 11.0. The lowest BCUT2D eigenvalue weighted by Gasteiger charge is -2.11. The smallest absolute Gasteiger partial charge is 0.251 e. The van der Waals surface area contributed by atoms with E-state index in [-0.39, 0.29) is 5.91 Å². The Morgan fingerprint density at radius 1 is 0.492 bits per heavy atom. The number of carbonyl (C=O) groups is 1. The topological polar surface area (TPSA) is 126 Å². The highest BCUT2D eigenvalue weighted by Crippen LogP contribution is 2.30. The lowest BCUT2D eigenvalue weighted by molar-refractivity contribution is 0.0953. The molecular weight excluding hydrogens is 783 g/mol. The largest absolute Gasteiger partial charge is 0.493 e. The van der Waals surface area contributed by atoms with Crippen molar-refractivity contribution in [3.8, 4) is 50.5 Å². The maximum absolute atomic E-state index is 12.7. The second kappa shape index (κ2) is 24.2. The molecule has 0 aliphatic heterocycles. The lowest BCUT2D eigenvalue weighted by atomic mass is 9.99. The van der Waals surface area contributed by atoms with Gasteiger partial charge in [-0.15, -0.1) is 10.2 Å². The summed E-state index contributed by atoms with van der Waals surface area (Å²) in [7, 11) is 0. The van der Waals surface area contributed by atoms with E-state index in [2.05, 4.69) is 72.3 Å². The van der Waals surface area contributed by atoms with Gasteiger partial charge in [-0.3, -0.25) is 24.1 Å². The summed E-state index contributed by atoms with van der Waals surface area (Å²) in [5.74, 6) is 0.944.